The Kier molecular flexibility index (Phi) is 8.96. The van der Waals surface area contributed by atoms with E-state index in [1.165, 1.54) is 42.8 Å². The first kappa shape index (κ1) is 31.0. The molecule has 0 aliphatic rings. The summed E-state index contributed by atoms with van der Waals surface area (Å²) >= 11 is 0. The molecule has 0 spiro atoms. The molecule has 218 valence electrons. The average Bonchev–Trinajstić information content (AvgIpc) is 3.23. The number of aliphatic hydroxyl groups excluding tert-OH is 2. The van der Waals surface area contributed by atoms with Gasteiger partial charge in [-0.1, -0.05) is 19.1 Å². The summed E-state index contributed by atoms with van der Waals surface area (Å²) in [7, 11) is -3.44. The SMILES string of the molecule is CCS(=O)(=O)c1ccc(C(CO)NC(=O)c2nn(C(C)(C)C)c(Oc3ncc(CO)cc3C(F)(F)F)c2C)cc1. The van der Waals surface area contributed by atoms with Crippen LogP contribution in [0.2, 0.25) is 0 Å². The molecule has 10 nitrogen and oxygen atoms in total. The number of aromatic nitrogens is 3. The molecule has 1 unspecified atom stereocenters. The van der Waals surface area contributed by atoms with Gasteiger partial charge in [0.1, 0.15) is 5.56 Å². The van der Waals surface area contributed by atoms with Crippen LogP contribution < -0.4 is 10.1 Å². The number of benzene rings is 1. The molecule has 3 rings (SSSR count). The predicted octanol–water partition coefficient (Wildman–Crippen LogP) is 3.90. The number of amides is 1. The van der Waals surface area contributed by atoms with E-state index in [9.17, 15) is 36.6 Å². The number of hydrogen-bond donors (Lipinski definition) is 3. The normalized spacial score (nSPS) is 13.2. The second-order valence-electron chi connectivity index (χ2n) is 10.00. The minimum Gasteiger partial charge on any atom is -0.420 e. The zero-order valence-corrected chi connectivity index (χ0v) is 23.4. The van der Waals surface area contributed by atoms with Gasteiger partial charge in [0, 0.05) is 11.8 Å². The number of carbonyl (C=O) groups excluding carboxylic acids is 1. The van der Waals surface area contributed by atoms with Gasteiger partial charge in [-0.2, -0.15) is 18.3 Å². The smallest absolute Gasteiger partial charge is 0.420 e. The minimum absolute atomic E-state index is 0.0591. The maximum absolute atomic E-state index is 13.7. The van der Waals surface area contributed by atoms with Gasteiger partial charge in [-0.3, -0.25) is 4.79 Å². The maximum Gasteiger partial charge on any atom is 0.421 e. The van der Waals surface area contributed by atoms with E-state index in [1.807, 2.05) is 0 Å². The van der Waals surface area contributed by atoms with Crippen molar-refractivity contribution in [3.05, 3.63) is 64.5 Å². The third kappa shape index (κ3) is 6.62. The average molecular weight is 585 g/mol. The third-order valence-electron chi connectivity index (χ3n) is 6.02. The Hall–Kier alpha value is -3.49. The highest BCUT2D eigenvalue weighted by atomic mass is 32.2. The van der Waals surface area contributed by atoms with Crippen molar-refractivity contribution in [2.75, 3.05) is 12.4 Å². The topological polar surface area (TPSA) is 144 Å². The van der Waals surface area contributed by atoms with E-state index in [4.69, 9.17) is 4.74 Å². The molecule has 2 heterocycles. The lowest BCUT2D eigenvalue weighted by atomic mass is 10.1. The van der Waals surface area contributed by atoms with E-state index in [0.717, 1.165) is 12.3 Å². The number of alkyl halides is 3. The highest BCUT2D eigenvalue weighted by Gasteiger charge is 2.37. The third-order valence-corrected chi connectivity index (χ3v) is 7.77. The van der Waals surface area contributed by atoms with Crippen LogP contribution in [-0.4, -0.2) is 51.7 Å². The van der Waals surface area contributed by atoms with Gasteiger partial charge in [0.15, 0.2) is 15.5 Å². The molecule has 14 heteroatoms. The van der Waals surface area contributed by atoms with Crippen LogP contribution in [0.1, 0.15) is 66.5 Å². The molecule has 0 saturated heterocycles. The number of nitrogens with one attached hydrogen (secondary N) is 1. The molecule has 2 aromatic heterocycles. The van der Waals surface area contributed by atoms with Crippen LogP contribution in [-0.2, 0) is 28.2 Å². The zero-order valence-electron chi connectivity index (χ0n) is 22.6. The van der Waals surface area contributed by atoms with Crippen molar-refractivity contribution >= 4 is 15.7 Å². The van der Waals surface area contributed by atoms with Gasteiger partial charge in [0.2, 0.25) is 11.8 Å². The first-order valence-electron chi connectivity index (χ1n) is 12.2. The molecule has 0 aliphatic heterocycles. The van der Waals surface area contributed by atoms with Gasteiger partial charge in [0.25, 0.3) is 5.91 Å². The molecule has 3 aromatic rings. The van der Waals surface area contributed by atoms with E-state index in [1.54, 1.807) is 20.8 Å². The van der Waals surface area contributed by atoms with E-state index < -0.39 is 58.2 Å². The Morgan fingerprint density at radius 1 is 1.15 bits per heavy atom. The lowest BCUT2D eigenvalue weighted by Gasteiger charge is -2.22. The van der Waals surface area contributed by atoms with Crippen molar-refractivity contribution in [1.82, 2.24) is 20.1 Å². The summed E-state index contributed by atoms with van der Waals surface area (Å²) in [5.74, 6) is -1.75. The fourth-order valence-electron chi connectivity index (χ4n) is 3.76. The van der Waals surface area contributed by atoms with Crippen LogP contribution in [0, 0.1) is 6.92 Å². The van der Waals surface area contributed by atoms with Gasteiger partial charge < -0.3 is 20.3 Å². The number of hydrogen-bond acceptors (Lipinski definition) is 8. The number of halogens is 3. The zero-order chi connectivity index (χ0) is 30.0. The lowest BCUT2D eigenvalue weighted by molar-refractivity contribution is -0.139. The monoisotopic (exact) mass is 584 g/mol. The molecule has 1 aromatic carbocycles. The fourth-order valence-corrected chi connectivity index (χ4v) is 4.65. The summed E-state index contributed by atoms with van der Waals surface area (Å²) in [4.78, 5) is 17.1. The van der Waals surface area contributed by atoms with Crippen molar-refractivity contribution in [3.8, 4) is 11.8 Å². The molecule has 3 N–H and O–H groups in total. The molecular formula is C26H31F3N4O6S. The van der Waals surface area contributed by atoms with Crippen molar-refractivity contribution in [3.63, 3.8) is 0 Å². The van der Waals surface area contributed by atoms with Crippen molar-refractivity contribution in [2.45, 2.75) is 63.9 Å². The van der Waals surface area contributed by atoms with Crippen LogP contribution >= 0.6 is 0 Å². The van der Waals surface area contributed by atoms with Gasteiger partial charge in [-0.15, -0.1) is 0 Å². The van der Waals surface area contributed by atoms with Crippen molar-refractivity contribution in [2.24, 2.45) is 0 Å². The highest BCUT2D eigenvalue weighted by molar-refractivity contribution is 7.91. The molecule has 1 atom stereocenters. The second kappa shape index (κ2) is 11.6. The summed E-state index contributed by atoms with van der Waals surface area (Å²) in [6.07, 6.45) is -3.79. The van der Waals surface area contributed by atoms with E-state index in [2.05, 4.69) is 15.4 Å². The molecule has 0 fully saturated rings. The lowest BCUT2D eigenvalue weighted by Crippen LogP contribution is -2.32. The van der Waals surface area contributed by atoms with Gasteiger partial charge in [-0.05, 0) is 57.0 Å². The first-order chi connectivity index (χ1) is 18.5. The summed E-state index contributed by atoms with van der Waals surface area (Å²) in [6, 6.07) is 5.49. The minimum atomic E-state index is -4.84. The quantitative estimate of drug-likeness (QED) is 0.344. The summed E-state index contributed by atoms with van der Waals surface area (Å²) in [5, 5.41) is 26.1. The molecule has 40 heavy (non-hydrogen) atoms. The van der Waals surface area contributed by atoms with Crippen molar-refractivity contribution < 1.29 is 41.3 Å². The molecule has 1 amide bonds. The van der Waals surface area contributed by atoms with Gasteiger partial charge >= 0.3 is 6.18 Å². The van der Waals surface area contributed by atoms with Gasteiger partial charge in [-0.25, -0.2) is 18.1 Å². The predicted molar refractivity (Wildman–Crippen MR) is 139 cm³/mol. The highest BCUT2D eigenvalue weighted by Crippen LogP contribution is 2.39. The summed E-state index contributed by atoms with van der Waals surface area (Å²) < 4.78 is 72.3. The summed E-state index contributed by atoms with van der Waals surface area (Å²) in [6.45, 7) is 6.93. The van der Waals surface area contributed by atoms with E-state index >= 15 is 0 Å². The number of sulfone groups is 1. The maximum atomic E-state index is 13.7. The Morgan fingerprint density at radius 3 is 2.27 bits per heavy atom. The van der Waals surface area contributed by atoms with Crippen molar-refractivity contribution in [1.29, 1.82) is 0 Å². The number of rotatable bonds is 9. The Labute approximate surface area is 229 Å². The Morgan fingerprint density at radius 2 is 1.77 bits per heavy atom. The number of pyridine rings is 1. The standard InChI is InChI=1S/C26H31F3N4O6S/c1-6-40(37,38)18-9-7-17(8-10-18)20(14-35)31-22(36)21-15(2)24(33(32-21)25(3,4)5)39-23-19(26(27,28)29)11-16(13-34)12-30-23/h7-12,20,34-35H,6,13-14H2,1-5H3,(H,31,36). The molecular weight excluding hydrogens is 553 g/mol. The van der Waals surface area contributed by atoms with Gasteiger partial charge in [0.05, 0.1) is 35.4 Å². The van der Waals surface area contributed by atoms with E-state index in [0.29, 0.717) is 5.56 Å². The number of ether oxygens (including phenoxy) is 1. The summed E-state index contributed by atoms with van der Waals surface area (Å²) in [5.41, 5.74) is -1.71. The molecule has 0 aliphatic carbocycles. The van der Waals surface area contributed by atoms with Crippen LogP contribution in [0.25, 0.3) is 0 Å². The number of aliphatic hydroxyl groups is 2. The van der Waals surface area contributed by atoms with Crippen LogP contribution in [0.5, 0.6) is 11.8 Å². The molecule has 0 radical (unpaired) electrons. The first-order valence-corrected chi connectivity index (χ1v) is 13.9. The van der Waals surface area contributed by atoms with Crippen LogP contribution in [0.4, 0.5) is 13.2 Å². The van der Waals surface area contributed by atoms with E-state index in [-0.39, 0.29) is 33.3 Å². The molecule has 0 saturated carbocycles. The Balaban J connectivity index is 1.99. The largest absolute Gasteiger partial charge is 0.421 e. The fraction of sp³-hybridized carbons (Fsp3) is 0.423. The number of nitrogens with zero attached hydrogens (tertiary/aromatic N) is 3. The van der Waals surface area contributed by atoms with Crippen LogP contribution in [0.15, 0.2) is 41.4 Å². The Bertz CT molecular complexity index is 1480. The van der Waals surface area contributed by atoms with Crippen LogP contribution in [0.3, 0.4) is 0 Å². The number of carbonyl (C=O) groups is 1. The second-order valence-corrected chi connectivity index (χ2v) is 12.3. The molecule has 0 bridgehead atoms.